The molecule has 1 heterocycles. The zero-order valence-corrected chi connectivity index (χ0v) is 14.4. The standard InChI is InChI=1S/C14H23N3O5S/c1-4-12(19)17-8-23-7-11(17)13(20)16(9(2)14(21)22)6-5-15-10(3)18/h9,11H,4-8H2,1-3H3,(H,15,18)(H,21,22). The molecule has 0 bridgehead atoms. The number of carbonyl (C=O) groups is 4. The molecule has 3 amide bonds. The Morgan fingerprint density at radius 2 is 2.04 bits per heavy atom. The third kappa shape index (κ3) is 5.12. The highest BCUT2D eigenvalue weighted by Gasteiger charge is 2.38. The van der Waals surface area contributed by atoms with Crippen molar-refractivity contribution < 1.29 is 24.3 Å². The van der Waals surface area contributed by atoms with Gasteiger partial charge in [-0.05, 0) is 6.92 Å². The predicted octanol–water partition coefficient (Wildman–Crippen LogP) is -0.264. The first-order valence-corrected chi connectivity index (χ1v) is 8.60. The van der Waals surface area contributed by atoms with Crippen molar-refractivity contribution in [3.63, 3.8) is 0 Å². The lowest BCUT2D eigenvalue weighted by molar-refractivity contribution is -0.152. The molecule has 2 unspecified atom stereocenters. The Balaban J connectivity index is 2.86. The van der Waals surface area contributed by atoms with Crippen molar-refractivity contribution in [3.8, 4) is 0 Å². The van der Waals surface area contributed by atoms with Gasteiger partial charge in [-0.2, -0.15) is 0 Å². The van der Waals surface area contributed by atoms with Crippen LogP contribution in [-0.4, -0.2) is 75.4 Å². The van der Waals surface area contributed by atoms with Crippen LogP contribution < -0.4 is 5.32 Å². The van der Waals surface area contributed by atoms with E-state index in [2.05, 4.69) is 5.32 Å². The van der Waals surface area contributed by atoms with Crippen LogP contribution in [0, 0.1) is 0 Å². The molecule has 1 aliphatic rings. The van der Waals surface area contributed by atoms with E-state index in [1.165, 1.54) is 35.4 Å². The second-order valence-corrected chi connectivity index (χ2v) is 6.26. The monoisotopic (exact) mass is 345 g/mol. The Bertz CT molecular complexity index is 485. The van der Waals surface area contributed by atoms with E-state index in [4.69, 9.17) is 0 Å². The quantitative estimate of drug-likeness (QED) is 0.658. The van der Waals surface area contributed by atoms with Crippen LogP contribution in [0.3, 0.4) is 0 Å². The van der Waals surface area contributed by atoms with E-state index in [0.717, 1.165) is 0 Å². The summed E-state index contributed by atoms with van der Waals surface area (Å²) in [6, 6.07) is -1.67. The average Bonchev–Trinajstić information content (AvgIpc) is 2.98. The minimum absolute atomic E-state index is 0.0845. The Hall–Kier alpha value is -1.77. The van der Waals surface area contributed by atoms with Crippen molar-refractivity contribution >= 4 is 35.5 Å². The predicted molar refractivity (Wildman–Crippen MR) is 85.7 cm³/mol. The maximum Gasteiger partial charge on any atom is 0.326 e. The average molecular weight is 345 g/mol. The molecular formula is C14H23N3O5S. The lowest BCUT2D eigenvalue weighted by Crippen LogP contribution is -2.54. The maximum atomic E-state index is 12.7. The fourth-order valence-electron chi connectivity index (χ4n) is 2.27. The van der Waals surface area contributed by atoms with Crippen LogP contribution in [0.2, 0.25) is 0 Å². The van der Waals surface area contributed by atoms with Crippen LogP contribution >= 0.6 is 11.8 Å². The molecule has 0 saturated carbocycles. The molecule has 9 heteroatoms. The van der Waals surface area contributed by atoms with Gasteiger partial charge in [0.25, 0.3) is 0 Å². The molecule has 1 fully saturated rings. The van der Waals surface area contributed by atoms with Crippen molar-refractivity contribution in [2.24, 2.45) is 0 Å². The van der Waals surface area contributed by atoms with Gasteiger partial charge in [0.1, 0.15) is 12.1 Å². The topological polar surface area (TPSA) is 107 Å². The van der Waals surface area contributed by atoms with Gasteiger partial charge >= 0.3 is 5.97 Å². The number of carboxylic acid groups (broad SMARTS) is 1. The second-order valence-electron chi connectivity index (χ2n) is 5.26. The van der Waals surface area contributed by atoms with Gasteiger partial charge in [-0.15, -0.1) is 11.8 Å². The smallest absolute Gasteiger partial charge is 0.326 e. The van der Waals surface area contributed by atoms with Gasteiger partial charge in [0.2, 0.25) is 17.7 Å². The van der Waals surface area contributed by atoms with Gasteiger partial charge in [-0.1, -0.05) is 6.92 Å². The third-order valence-corrected chi connectivity index (χ3v) is 4.64. The molecule has 1 aliphatic heterocycles. The fourth-order valence-corrected chi connectivity index (χ4v) is 3.44. The number of hydrogen-bond donors (Lipinski definition) is 2. The molecule has 0 spiro atoms. The van der Waals surface area contributed by atoms with Gasteiger partial charge in [-0.25, -0.2) is 4.79 Å². The molecule has 8 nitrogen and oxygen atoms in total. The number of carbonyl (C=O) groups excluding carboxylic acids is 3. The van der Waals surface area contributed by atoms with Gasteiger partial charge in [0.15, 0.2) is 0 Å². The normalized spacial score (nSPS) is 18.4. The number of nitrogens with zero attached hydrogens (tertiary/aromatic N) is 2. The van der Waals surface area contributed by atoms with E-state index >= 15 is 0 Å². The summed E-state index contributed by atoms with van der Waals surface area (Å²) in [6.45, 7) is 4.74. The first-order chi connectivity index (χ1) is 10.8. The van der Waals surface area contributed by atoms with Gasteiger partial charge < -0.3 is 20.2 Å². The third-order valence-electron chi connectivity index (χ3n) is 3.62. The summed E-state index contributed by atoms with van der Waals surface area (Å²) in [5, 5.41) is 11.8. The molecule has 23 heavy (non-hydrogen) atoms. The number of carboxylic acids is 1. The Labute approximate surface area is 139 Å². The van der Waals surface area contributed by atoms with Crippen molar-refractivity contribution in [1.29, 1.82) is 0 Å². The maximum absolute atomic E-state index is 12.7. The lowest BCUT2D eigenvalue weighted by atomic mass is 10.2. The lowest BCUT2D eigenvalue weighted by Gasteiger charge is -2.32. The molecule has 0 aromatic heterocycles. The molecule has 2 atom stereocenters. The molecule has 1 saturated heterocycles. The second kappa shape index (κ2) is 8.76. The molecule has 0 radical (unpaired) electrons. The molecule has 2 N–H and O–H groups in total. The zero-order chi connectivity index (χ0) is 17.6. The highest BCUT2D eigenvalue weighted by atomic mass is 32.2. The van der Waals surface area contributed by atoms with Crippen molar-refractivity contribution in [3.05, 3.63) is 0 Å². The van der Waals surface area contributed by atoms with E-state index in [-0.39, 0.29) is 24.9 Å². The first kappa shape index (κ1) is 19.3. The largest absolute Gasteiger partial charge is 0.480 e. The summed E-state index contributed by atoms with van der Waals surface area (Å²) in [5.41, 5.74) is 0. The highest BCUT2D eigenvalue weighted by Crippen LogP contribution is 2.24. The molecular weight excluding hydrogens is 322 g/mol. The van der Waals surface area contributed by atoms with Crippen molar-refractivity contribution in [2.45, 2.75) is 39.3 Å². The molecule has 1 rings (SSSR count). The van der Waals surface area contributed by atoms with Crippen LogP contribution in [0.25, 0.3) is 0 Å². The van der Waals surface area contributed by atoms with Crippen LogP contribution in [0.15, 0.2) is 0 Å². The van der Waals surface area contributed by atoms with Crippen LogP contribution in [0.1, 0.15) is 27.2 Å². The van der Waals surface area contributed by atoms with Gasteiger partial charge in [0, 0.05) is 32.2 Å². The summed E-state index contributed by atoms with van der Waals surface area (Å²) < 4.78 is 0. The summed E-state index contributed by atoms with van der Waals surface area (Å²) >= 11 is 1.47. The van der Waals surface area contributed by atoms with Crippen LogP contribution in [0.5, 0.6) is 0 Å². The van der Waals surface area contributed by atoms with Gasteiger partial charge in [-0.3, -0.25) is 14.4 Å². The summed E-state index contributed by atoms with van der Waals surface area (Å²) in [6.07, 6.45) is 0.296. The minimum Gasteiger partial charge on any atom is -0.480 e. The number of thioether (sulfide) groups is 1. The van der Waals surface area contributed by atoms with E-state index in [1.807, 2.05) is 0 Å². The number of aliphatic carboxylic acids is 1. The Morgan fingerprint density at radius 1 is 1.39 bits per heavy atom. The minimum atomic E-state index is -1.12. The molecule has 0 aromatic rings. The number of hydrogen-bond acceptors (Lipinski definition) is 5. The fraction of sp³-hybridized carbons (Fsp3) is 0.714. The Kier molecular flexibility index (Phi) is 7.34. The van der Waals surface area contributed by atoms with E-state index in [9.17, 15) is 24.3 Å². The number of rotatable bonds is 7. The van der Waals surface area contributed by atoms with E-state index < -0.39 is 24.0 Å². The summed E-state index contributed by atoms with van der Waals surface area (Å²) in [7, 11) is 0. The van der Waals surface area contributed by atoms with Crippen LogP contribution in [0.4, 0.5) is 0 Å². The molecule has 0 aliphatic carbocycles. The SMILES string of the molecule is CCC(=O)N1CSCC1C(=O)N(CCNC(C)=O)C(C)C(=O)O. The van der Waals surface area contributed by atoms with Crippen LogP contribution in [-0.2, 0) is 19.2 Å². The number of nitrogens with one attached hydrogen (secondary N) is 1. The molecule has 0 aromatic carbocycles. The molecule has 130 valence electrons. The van der Waals surface area contributed by atoms with E-state index in [0.29, 0.717) is 18.1 Å². The Morgan fingerprint density at radius 3 is 2.57 bits per heavy atom. The summed E-state index contributed by atoms with van der Waals surface area (Å²) in [5.74, 6) is -1.01. The zero-order valence-electron chi connectivity index (χ0n) is 13.6. The number of amides is 3. The highest BCUT2D eigenvalue weighted by molar-refractivity contribution is 7.99. The van der Waals surface area contributed by atoms with E-state index in [1.54, 1.807) is 6.92 Å². The first-order valence-electron chi connectivity index (χ1n) is 7.44. The van der Waals surface area contributed by atoms with Crippen molar-refractivity contribution in [2.75, 3.05) is 24.7 Å². The summed E-state index contributed by atoms with van der Waals surface area (Å²) in [4.78, 5) is 49.6. The van der Waals surface area contributed by atoms with Gasteiger partial charge in [0.05, 0.1) is 5.88 Å². The van der Waals surface area contributed by atoms with Crippen molar-refractivity contribution in [1.82, 2.24) is 15.1 Å².